The molecule has 2 aliphatic heterocycles. The van der Waals surface area contributed by atoms with Crippen LogP contribution in [0.2, 0.25) is 0 Å². The lowest BCUT2D eigenvalue weighted by molar-refractivity contribution is -0.150. The van der Waals surface area contributed by atoms with Crippen LogP contribution in [0.15, 0.2) is 0 Å². The molecule has 2 heterocycles. The van der Waals surface area contributed by atoms with Crippen molar-refractivity contribution in [1.82, 2.24) is 9.21 Å². The van der Waals surface area contributed by atoms with E-state index in [0.29, 0.717) is 31.0 Å². The molecule has 0 aromatic heterocycles. The van der Waals surface area contributed by atoms with Crippen LogP contribution in [0.4, 0.5) is 0 Å². The largest absolute Gasteiger partial charge is 0.480 e. The van der Waals surface area contributed by atoms with Crippen LogP contribution in [0.5, 0.6) is 0 Å². The van der Waals surface area contributed by atoms with Gasteiger partial charge in [-0.1, -0.05) is 0 Å². The number of thioether (sulfide) groups is 1. The van der Waals surface area contributed by atoms with E-state index in [1.807, 2.05) is 0 Å². The Balaban J connectivity index is 2.07. The minimum absolute atomic E-state index is 0.158. The van der Waals surface area contributed by atoms with Gasteiger partial charge in [0.15, 0.2) is 0 Å². The molecule has 0 radical (unpaired) electrons. The smallest absolute Gasteiger partial charge is 0.327 e. The molecule has 2 fully saturated rings. The Morgan fingerprint density at radius 2 is 2.05 bits per heavy atom. The van der Waals surface area contributed by atoms with Crippen LogP contribution in [0, 0.1) is 5.92 Å². The number of sulfonamides is 1. The SMILES string of the molecule is CS(=O)(=O)N1CCCC(C(=O)N2CSC[C@H]2C(=O)O)C1. The lowest BCUT2D eigenvalue weighted by Crippen LogP contribution is -2.49. The van der Waals surface area contributed by atoms with Crippen LogP contribution < -0.4 is 0 Å². The zero-order valence-corrected chi connectivity index (χ0v) is 12.8. The second-order valence-corrected chi connectivity index (χ2v) is 8.10. The highest BCUT2D eigenvalue weighted by Crippen LogP contribution is 2.27. The molecule has 9 heteroatoms. The maximum Gasteiger partial charge on any atom is 0.327 e. The van der Waals surface area contributed by atoms with Gasteiger partial charge in [-0.3, -0.25) is 4.79 Å². The van der Waals surface area contributed by atoms with Crippen LogP contribution in [-0.4, -0.2) is 71.6 Å². The quantitative estimate of drug-likeness (QED) is 0.763. The average molecular weight is 322 g/mol. The molecule has 2 saturated heterocycles. The highest BCUT2D eigenvalue weighted by molar-refractivity contribution is 7.99. The normalized spacial score (nSPS) is 28.6. The number of nitrogens with zero attached hydrogens (tertiary/aromatic N) is 2. The molecule has 2 atom stereocenters. The molecule has 0 aromatic rings. The topological polar surface area (TPSA) is 95.0 Å². The molecule has 7 nitrogen and oxygen atoms in total. The Bertz CT molecular complexity index is 507. The number of hydrogen-bond acceptors (Lipinski definition) is 5. The van der Waals surface area contributed by atoms with E-state index in [1.54, 1.807) is 0 Å². The van der Waals surface area contributed by atoms with E-state index in [2.05, 4.69) is 0 Å². The fourth-order valence-electron chi connectivity index (χ4n) is 2.54. The Hall–Kier alpha value is -0.800. The zero-order valence-electron chi connectivity index (χ0n) is 11.2. The van der Waals surface area contributed by atoms with Crippen molar-refractivity contribution >= 4 is 33.7 Å². The number of carbonyl (C=O) groups excluding carboxylic acids is 1. The molecule has 2 aliphatic rings. The van der Waals surface area contributed by atoms with E-state index in [0.717, 1.165) is 6.26 Å². The van der Waals surface area contributed by atoms with Gasteiger partial charge in [0.05, 0.1) is 18.1 Å². The summed E-state index contributed by atoms with van der Waals surface area (Å²) < 4.78 is 24.4. The predicted octanol–water partition coefficient (Wildman–Crippen LogP) is -0.356. The van der Waals surface area contributed by atoms with Crippen molar-refractivity contribution in [3.8, 4) is 0 Å². The van der Waals surface area contributed by atoms with Gasteiger partial charge in [0.2, 0.25) is 15.9 Å². The summed E-state index contributed by atoms with van der Waals surface area (Å²) in [6.45, 7) is 0.588. The molecule has 0 aliphatic carbocycles. The summed E-state index contributed by atoms with van der Waals surface area (Å²) in [5, 5.41) is 9.10. The monoisotopic (exact) mass is 322 g/mol. The number of carboxylic acids is 1. The molecule has 0 bridgehead atoms. The van der Waals surface area contributed by atoms with Gasteiger partial charge in [-0.2, -0.15) is 0 Å². The molecule has 0 aromatic carbocycles. The third-order valence-corrected chi connectivity index (χ3v) is 5.93. The van der Waals surface area contributed by atoms with Gasteiger partial charge < -0.3 is 10.0 Å². The van der Waals surface area contributed by atoms with Gasteiger partial charge in [-0.25, -0.2) is 17.5 Å². The highest BCUT2D eigenvalue weighted by Gasteiger charge is 2.39. The molecule has 2 rings (SSSR count). The van der Waals surface area contributed by atoms with Crippen molar-refractivity contribution < 1.29 is 23.1 Å². The van der Waals surface area contributed by atoms with E-state index < -0.39 is 28.0 Å². The first-order chi connectivity index (χ1) is 9.30. The van der Waals surface area contributed by atoms with Crippen molar-refractivity contribution in [2.75, 3.05) is 31.0 Å². The Labute approximate surface area is 122 Å². The fraction of sp³-hybridized carbons (Fsp3) is 0.818. The fourth-order valence-corrected chi connectivity index (χ4v) is 4.61. The molecule has 0 spiro atoms. The molecule has 114 valence electrons. The molecule has 1 N–H and O–H groups in total. The molecular weight excluding hydrogens is 304 g/mol. The summed E-state index contributed by atoms with van der Waals surface area (Å²) in [5.41, 5.74) is 0. The Kier molecular flexibility index (Phi) is 4.60. The maximum atomic E-state index is 12.4. The van der Waals surface area contributed by atoms with Crippen molar-refractivity contribution in [3.05, 3.63) is 0 Å². The average Bonchev–Trinajstić information content (AvgIpc) is 2.86. The molecule has 1 unspecified atom stereocenters. The van der Waals surface area contributed by atoms with E-state index in [1.165, 1.54) is 21.0 Å². The number of piperidine rings is 1. The summed E-state index contributed by atoms with van der Waals surface area (Å²) in [5.74, 6) is -0.914. The first-order valence-electron chi connectivity index (χ1n) is 6.37. The van der Waals surface area contributed by atoms with E-state index in [4.69, 9.17) is 5.11 Å². The van der Waals surface area contributed by atoms with Gasteiger partial charge in [-0.15, -0.1) is 11.8 Å². The first-order valence-corrected chi connectivity index (χ1v) is 9.37. The second kappa shape index (κ2) is 5.90. The van der Waals surface area contributed by atoms with Crippen LogP contribution >= 0.6 is 11.8 Å². The summed E-state index contributed by atoms with van der Waals surface area (Å²) in [4.78, 5) is 24.9. The molecule has 1 amide bonds. The predicted molar refractivity (Wildman–Crippen MR) is 74.7 cm³/mol. The molecular formula is C11H18N2O5S2. The number of aliphatic carboxylic acids is 1. The van der Waals surface area contributed by atoms with Crippen molar-refractivity contribution in [2.24, 2.45) is 5.92 Å². The Morgan fingerprint density at radius 3 is 2.65 bits per heavy atom. The standard InChI is InChI=1S/C11H18N2O5S2/c1-20(17,18)12-4-2-3-8(5-12)10(14)13-7-19-6-9(13)11(15)16/h8-9H,2-7H2,1H3,(H,15,16)/t8?,9-/m0/s1. The molecule has 20 heavy (non-hydrogen) atoms. The van der Waals surface area contributed by atoms with Crippen LogP contribution in [-0.2, 0) is 19.6 Å². The third-order valence-electron chi connectivity index (χ3n) is 3.65. The summed E-state index contributed by atoms with van der Waals surface area (Å²) in [6.07, 6.45) is 2.37. The van der Waals surface area contributed by atoms with E-state index in [-0.39, 0.29) is 12.5 Å². The summed E-state index contributed by atoms with van der Waals surface area (Å²) in [7, 11) is -3.30. The third kappa shape index (κ3) is 3.26. The van der Waals surface area contributed by atoms with Gasteiger partial charge in [0, 0.05) is 18.8 Å². The summed E-state index contributed by atoms with van der Waals surface area (Å²) in [6, 6.07) is -0.791. The highest BCUT2D eigenvalue weighted by atomic mass is 32.2. The van der Waals surface area contributed by atoms with E-state index in [9.17, 15) is 18.0 Å². The van der Waals surface area contributed by atoms with Gasteiger partial charge >= 0.3 is 5.97 Å². The van der Waals surface area contributed by atoms with Crippen LogP contribution in [0.25, 0.3) is 0 Å². The number of carbonyl (C=O) groups is 2. The van der Waals surface area contributed by atoms with Crippen LogP contribution in [0.1, 0.15) is 12.8 Å². The van der Waals surface area contributed by atoms with Gasteiger partial charge in [0.1, 0.15) is 6.04 Å². The van der Waals surface area contributed by atoms with Crippen molar-refractivity contribution in [2.45, 2.75) is 18.9 Å². The maximum absolute atomic E-state index is 12.4. The first kappa shape index (κ1) is 15.6. The number of amides is 1. The number of hydrogen-bond donors (Lipinski definition) is 1. The molecule has 0 saturated carbocycles. The lowest BCUT2D eigenvalue weighted by atomic mass is 9.97. The zero-order chi connectivity index (χ0) is 14.9. The summed E-state index contributed by atoms with van der Waals surface area (Å²) >= 11 is 1.41. The Morgan fingerprint density at radius 1 is 1.35 bits per heavy atom. The van der Waals surface area contributed by atoms with Crippen molar-refractivity contribution in [3.63, 3.8) is 0 Å². The van der Waals surface area contributed by atoms with E-state index >= 15 is 0 Å². The minimum atomic E-state index is -3.30. The number of rotatable bonds is 3. The number of carboxylic acid groups (broad SMARTS) is 1. The van der Waals surface area contributed by atoms with Gasteiger partial charge in [-0.05, 0) is 12.8 Å². The second-order valence-electron chi connectivity index (χ2n) is 5.12. The van der Waals surface area contributed by atoms with Gasteiger partial charge in [0.25, 0.3) is 0 Å². The lowest BCUT2D eigenvalue weighted by Gasteiger charge is -2.33. The van der Waals surface area contributed by atoms with Crippen molar-refractivity contribution in [1.29, 1.82) is 0 Å². The van der Waals surface area contributed by atoms with Crippen LogP contribution in [0.3, 0.4) is 0 Å². The minimum Gasteiger partial charge on any atom is -0.480 e.